The lowest BCUT2D eigenvalue weighted by Crippen LogP contribution is -2.14. The largest absolute Gasteiger partial charge is 0.463 e. The van der Waals surface area contributed by atoms with Crippen LogP contribution >= 0.6 is 11.8 Å². The quantitative estimate of drug-likeness (QED) is 0.359. The number of hydrogen-bond donors (Lipinski definition) is 0. The highest BCUT2D eigenvalue weighted by Gasteiger charge is 2.08. The van der Waals surface area contributed by atoms with Gasteiger partial charge in [-0.1, -0.05) is 17.8 Å². The molecule has 3 rings (SSSR count). The lowest BCUT2D eigenvalue weighted by atomic mass is 10.3. The predicted octanol–water partition coefficient (Wildman–Crippen LogP) is 1.77. The summed E-state index contributed by atoms with van der Waals surface area (Å²) in [5.74, 6) is -0.197. The molecule has 0 saturated heterocycles. The maximum absolute atomic E-state index is 11.8. The lowest BCUT2D eigenvalue weighted by Gasteiger charge is -2.05. The molecule has 0 saturated carbocycles. The summed E-state index contributed by atoms with van der Waals surface area (Å²) in [6, 6.07) is 7.39. The van der Waals surface area contributed by atoms with Crippen molar-refractivity contribution >= 4 is 17.7 Å². The minimum atomic E-state index is -0.333. The molecular formula is C16H16N6O2S. The summed E-state index contributed by atoms with van der Waals surface area (Å²) in [6.07, 6.45) is 5.01. The van der Waals surface area contributed by atoms with Crippen LogP contribution in [0.1, 0.15) is 5.69 Å². The molecule has 0 aliphatic carbocycles. The zero-order valence-corrected chi connectivity index (χ0v) is 14.4. The molecule has 3 aromatic heterocycles. The van der Waals surface area contributed by atoms with Gasteiger partial charge in [0.25, 0.3) is 0 Å². The third-order valence-corrected chi connectivity index (χ3v) is 3.92. The molecule has 0 aromatic carbocycles. The van der Waals surface area contributed by atoms with Crippen LogP contribution in [0, 0.1) is 6.92 Å². The second-order valence-corrected chi connectivity index (χ2v) is 5.97. The number of nitrogens with zero attached hydrogens (tertiary/aromatic N) is 6. The number of pyridine rings is 1. The zero-order valence-electron chi connectivity index (χ0n) is 13.6. The highest BCUT2D eigenvalue weighted by molar-refractivity contribution is 7.99. The number of carbonyl (C=O) groups is 1. The molecule has 9 heteroatoms. The Hall–Kier alpha value is -2.81. The Kier molecular flexibility index (Phi) is 5.68. The van der Waals surface area contributed by atoms with Gasteiger partial charge >= 0.3 is 5.97 Å². The van der Waals surface area contributed by atoms with E-state index in [1.54, 1.807) is 24.7 Å². The molecule has 0 aliphatic heterocycles. The van der Waals surface area contributed by atoms with Gasteiger partial charge in [0.15, 0.2) is 5.16 Å². The maximum Gasteiger partial charge on any atom is 0.316 e. The molecule has 128 valence electrons. The Bertz CT molecular complexity index is 839. The van der Waals surface area contributed by atoms with Crippen LogP contribution in [-0.2, 0) is 16.1 Å². The molecule has 0 bridgehead atoms. The number of esters is 1. The van der Waals surface area contributed by atoms with Crippen LogP contribution in [0.3, 0.4) is 0 Å². The molecule has 0 radical (unpaired) electrons. The van der Waals surface area contributed by atoms with Crippen LogP contribution in [0.4, 0.5) is 0 Å². The average molecular weight is 356 g/mol. The number of rotatable bonds is 7. The molecule has 0 N–H and O–H groups in total. The molecule has 8 nitrogen and oxygen atoms in total. The first-order chi connectivity index (χ1) is 12.2. The standard InChI is InChI=1S/C16H16N6O2S/c1-12-10-19-22(21-12)8-9-24-15(23)11-25-16-18-7-5-14(20-16)13-4-2-3-6-17-13/h2-7,10H,8-9,11H2,1H3. The third-order valence-electron chi connectivity index (χ3n) is 3.09. The summed E-state index contributed by atoms with van der Waals surface area (Å²) in [7, 11) is 0. The summed E-state index contributed by atoms with van der Waals surface area (Å²) in [5.41, 5.74) is 2.30. The third kappa shape index (κ3) is 5.08. The Labute approximate surface area is 148 Å². The first-order valence-electron chi connectivity index (χ1n) is 7.60. The molecule has 25 heavy (non-hydrogen) atoms. The second kappa shape index (κ2) is 8.34. The van der Waals surface area contributed by atoms with E-state index in [1.165, 1.54) is 16.6 Å². The SMILES string of the molecule is Cc1cnn(CCOC(=O)CSc2nccc(-c3ccccn3)n2)n1. The Morgan fingerprint density at radius 1 is 1.20 bits per heavy atom. The Balaban J connectivity index is 1.47. The minimum Gasteiger partial charge on any atom is -0.463 e. The summed E-state index contributed by atoms with van der Waals surface area (Å²) in [4.78, 5) is 26.1. The van der Waals surface area contributed by atoms with Gasteiger partial charge in [-0.2, -0.15) is 15.0 Å². The number of hydrogen-bond acceptors (Lipinski definition) is 8. The van der Waals surface area contributed by atoms with Crippen LogP contribution in [0.5, 0.6) is 0 Å². The molecule has 3 heterocycles. The molecule has 0 amide bonds. The van der Waals surface area contributed by atoms with E-state index in [9.17, 15) is 4.79 Å². The van der Waals surface area contributed by atoms with Crippen LogP contribution in [0.2, 0.25) is 0 Å². The van der Waals surface area contributed by atoms with Crippen molar-refractivity contribution in [1.29, 1.82) is 0 Å². The van der Waals surface area contributed by atoms with E-state index in [2.05, 4.69) is 25.1 Å². The van der Waals surface area contributed by atoms with E-state index in [0.717, 1.165) is 11.4 Å². The van der Waals surface area contributed by atoms with Gasteiger partial charge in [-0.25, -0.2) is 9.97 Å². The predicted molar refractivity (Wildman–Crippen MR) is 91.7 cm³/mol. The number of thioether (sulfide) groups is 1. The molecule has 0 spiro atoms. The van der Waals surface area contributed by atoms with Gasteiger partial charge in [-0.3, -0.25) is 9.78 Å². The van der Waals surface area contributed by atoms with E-state index in [0.29, 0.717) is 17.4 Å². The van der Waals surface area contributed by atoms with Crippen molar-refractivity contribution in [2.24, 2.45) is 0 Å². The van der Waals surface area contributed by atoms with Gasteiger partial charge < -0.3 is 4.74 Å². The van der Waals surface area contributed by atoms with Crippen LogP contribution in [-0.4, -0.2) is 48.3 Å². The fraction of sp³-hybridized carbons (Fsp3) is 0.250. The number of carbonyl (C=O) groups excluding carboxylic acids is 1. The lowest BCUT2D eigenvalue weighted by molar-refractivity contribution is -0.140. The van der Waals surface area contributed by atoms with Crippen LogP contribution < -0.4 is 0 Å². The Morgan fingerprint density at radius 2 is 2.12 bits per heavy atom. The second-order valence-electron chi connectivity index (χ2n) is 5.03. The molecule has 0 unspecified atom stereocenters. The fourth-order valence-electron chi connectivity index (χ4n) is 1.97. The Morgan fingerprint density at radius 3 is 2.88 bits per heavy atom. The summed E-state index contributed by atoms with van der Waals surface area (Å²) in [6.45, 7) is 2.50. The van der Waals surface area contributed by atoms with Gasteiger partial charge in [-0.05, 0) is 25.1 Å². The molecule has 3 aromatic rings. The zero-order chi connectivity index (χ0) is 17.5. The summed E-state index contributed by atoms with van der Waals surface area (Å²) < 4.78 is 5.16. The van der Waals surface area contributed by atoms with Crippen molar-refractivity contribution in [3.05, 3.63) is 48.5 Å². The van der Waals surface area contributed by atoms with Crippen LogP contribution in [0.15, 0.2) is 48.0 Å². The first-order valence-corrected chi connectivity index (χ1v) is 8.59. The summed E-state index contributed by atoms with van der Waals surface area (Å²) >= 11 is 1.23. The number of ether oxygens (including phenoxy) is 1. The molecular weight excluding hydrogens is 340 g/mol. The van der Waals surface area contributed by atoms with Crippen molar-refractivity contribution in [2.45, 2.75) is 18.6 Å². The van der Waals surface area contributed by atoms with Gasteiger partial charge in [-0.15, -0.1) is 0 Å². The monoisotopic (exact) mass is 356 g/mol. The normalized spacial score (nSPS) is 10.6. The van der Waals surface area contributed by atoms with E-state index >= 15 is 0 Å². The fourth-order valence-corrected chi connectivity index (χ4v) is 2.59. The first kappa shape index (κ1) is 17.0. The highest BCUT2D eigenvalue weighted by atomic mass is 32.2. The van der Waals surface area contributed by atoms with Gasteiger partial charge in [0.1, 0.15) is 6.61 Å². The van der Waals surface area contributed by atoms with E-state index in [1.807, 2.05) is 25.1 Å². The molecule has 0 atom stereocenters. The van der Waals surface area contributed by atoms with Crippen molar-refractivity contribution in [2.75, 3.05) is 12.4 Å². The summed E-state index contributed by atoms with van der Waals surface area (Å²) in [5, 5.41) is 8.65. The molecule has 0 aliphatic rings. The average Bonchev–Trinajstić information content (AvgIpc) is 3.06. The smallest absolute Gasteiger partial charge is 0.316 e. The van der Waals surface area contributed by atoms with Crippen LogP contribution in [0.25, 0.3) is 11.4 Å². The number of aryl methyl sites for hydroxylation is 1. The van der Waals surface area contributed by atoms with E-state index in [4.69, 9.17) is 4.74 Å². The van der Waals surface area contributed by atoms with Crippen molar-refractivity contribution in [1.82, 2.24) is 29.9 Å². The van der Waals surface area contributed by atoms with Crippen molar-refractivity contribution in [3.8, 4) is 11.4 Å². The maximum atomic E-state index is 11.8. The van der Waals surface area contributed by atoms with Gasteiger partial charge in [0.2, 0.25) is 0 Å². The van der Waals surface area contributed by atoms with Crippen molar-refractivity contribution in [3.63, 3.8) is 0 Å². The van der Waals surface area contributed by atoms with E-state index in [-0.39, 0.29) is 18.3 Å². The van der Waals surface area contributed by atoms with Gasteiger partial charge in [0.05, 0.1) is 35.6 Å². The highest BCUT2D eigenvalue weighted by Crippen LogP contribution is 2.18. The molecule has 0 fully saturated rings. The minimum absolute atomic E-state index is 0.136. The van der Waals surface area contributed by atoms with Gasteiger partial charge in [0, 0.05) is 12.4 Å². The number of aromatic nitrogens is 6. The van der Waals surface area contributed by atoms with E-state index < -0.39 is 0 Å². The topological polar surface area (TPSA) is 95.7 Å². The van der Waals surface area contributed by atoms with Crippen molar-refractivity contribution < 1.29 is 9.53 Å².